The maximum atomic E-state index is 4.76. The zero-order valence-corrected chi connectivity index (χ0v) is 17.7. The molecule has 2 heterocycles. The standard InChI is InChI=1S/C21H28N6S/c1-15(19-10-11-28-14-19)12-22-21(23-13-20-26-25-17(3)27(20)4)24-16(2)18-8-6-5-7-9-18/h5-11,14-16H,12-13H2,1-4H3,(H2,22,23,24). The van der Waals surface area contributed by atoms with Crippen LogP contribution >= 0.6 is 11.3 Å². The molecule has 0 aliphatic heterocycles. The zero-order valence-electron chi connectivity index (χ0n) is 16.9. The number of thiophene rings is 1. The van der Waals surface area contributed by atoms with Gasteiger partial charge in [-0.05, 0) is 47.7 Å². The molecule has 2 aromatic heterocycles. The lowest BCUT2D eigenvalue weighted by Crippen LogP contribution is -2.40. The minimum Gasteiger partial charge on any atom is -0.356 e. The van der Waals surface area contributed by atoms with Crippen molar-refractivity contribution < 1.29 is 0 Å². The van der Waals surface area contributed by atoms with Gasteiger partial charge >= 0.3 is 0 Å². The van der Waals surface area contributed by atoms with E-state index in [1.807, 2.05) is 24.6 Å². The van der Waals surface area contributed by atoms with Crippen molar-refractivity contribution in [1.82, 2.24) is 25.4 Å². The summed E-state index contributed by atoms with van der Waals surface area (Å²) in [4.78, 5) is 4.76. The molecule has 148 valence electrons. The summed E-state index contributed by atoms with van der Waals surface area (Å²) in [5.41, 5.74) is 2.56. The van der Waals surface area contributed by atoms with Crippen molar-refractivity contribution in [3.8, 4) is 0 Å². The van der Waals surface area contributed by atoms with Crippen molar-refractivity contribution in [3.05, 3.63) is 69.9 Å². The van der Waals surface area contributed by atoms with Gasteiger partial charge in [-0.1, -0.05) is 37.3 Å². The number of aromatic nitrogens is 3. The van der Waals surface area contributed by atoms with Gasteiger partial charge in [0, 0.05) is 13.6 Å². The van der Waals surface area contributed by atoms with Crippen LogP contribution in [0.5, 0.6) is 0 Å². The molecule has 0 bridgehead atoms. The summed E-state index contributed by atoms with van der Waals surface area (Å²) >= 11 is 1.73. The minimum absolute atomic E-state index is 0.144. The number of hydrogen-bond acceptors (Lipinski definition) is 4. The van der Waals surface area contributed by atoms with Gasteiger partial charge in [0.05, 0.1) is 6.04 Å². The fraction of sp³-hybridized carbons (Fsp3) is 0.381. The van der Waals surface area contributed by atoms with E-state index in [9.17, 15) is 0 Å². The first-order valence-corrected chi connectivity index (χ1v) is 10.5. The van der Waals surface area contributed by atoms with E-state index in [0.29, 0.717) is 12.5 Å². The Balaban J connectivity index is 1.70. The highest BCUT2D eigenvalue weighted by atomic mass is 32.1. The molecule has 0 amide bonds. The average Bonchev–Trinajstić information content (AvgIpc) is 3.36. The van der Waals surface area contributed by atoms with Gasteiger partial charge in [0.15, 0.2) is 11.8 Å². The lowest BCUT2D eigenvalue weighted by Gasteiger charge is -2.20. The molecule has 0 aliphatic carbocycles. The molecule has 7 heteroatoms. The topological polar surface area (TPSA) is 67.1 Å². The second-order valence-electron chi connectivity index (χ2n) is 7.00. The van der Waals surface area contributed by atoms with Gasteiger partial charge in [-0.3, -0.25) is 0 Å². The summed E-state index contributed by atoms with van der Waals surface area (Å²) in [6.07, 6.45) is 0. The Morgan fingerprint density at radius 2 is 1.93 bits per heavy atom. The summed E-state index contributed by atoms with van der Waals surface area (Å²) in [6.45, 7) is 7.58. The number of rotatable bonds is 7. The maximum Gasteiger partial charge on any atom is 0.192 e. The Hall–Kier alpha value is -2.67. The molecule has 2 unspecified atom stereocenters. The molecule has 0 saturated carbocycles. The number of nitrogens with zero attached hydrogens (tertiary/aromatic N) is 4. The number of guanidine groups is 1. The van der Waals surface area contributed by atoms with E-state index in [2.05, 4.69) is 75.8 Å². The third-order valence-corrected chi connectivity index (χ3v) is 5.60. The van der Waals surface area contributed by atoms with Gasteiger partial charge in [0.2, 0.25) is 0 Å². The smallest absolute Gasteiger partial charge is 0.192 e. The molecule has 2 N–H and O–H groups in total. The Labute approximate surface area is 170 Å². The minimum atomic E-state index is 0.144. The van der Waals surface area contributed by atoms with Gasteiger partial charge in [-0.2, -0.15) is 11.3 Å². The number of nitrogens with one attached hydrogen (secondary N) is 2. The van der Waals surface area contributed by atoms with E-state index >= 15 is 0 Å². The Bertz CT molecular complexity index is 885. The van der Waals surface area contributed by atoms with Crippen LogP contribution in [0.15, 0.2) is 52.2 Å². The Kier molecular flexibility index (Phi) is 6.81. The Morgan fingerprint density at radius 1 is 1.14 bits per heavy atom. The van der Waals surface area contributed by atoms with Crippen LogP contribution in [0.2, 0.25) is 0 Å². The molecule has 0 saturated heterocycles. The third-order valence-electron chi connectivity index (χ3n) is 4.90. The molecule has 3 rings (SSSR count). The number of benzene rings is 1. The molecular weight excluding hydrogens is 368 g/mol. The average molecular weight is 397 g/mol. The lowest BCUT2D eigenvalue weighted by molar-refractivity contribution is 0.652. The number of aliphatic imine (C=N–C) groups is 1. The molecule has 28 heavy (non-hydrogen) atoms. The van der Waals surface area contributed by atoms with E-state index in [-0.39, 0.29) is 6.04 Å². The first kappa shape index (κ1) is 20.1. The van der Waals surface area contributed by atoms with Crippen LogP contribution in [0.4, 0.5) is 0 Å². The molecule has 2 atom stereocenters. The van der Waals surface area contributed by atoms with Crippen LogP contribution in [0, 0.1) is 6.92 Å². The van der Waals surface area contributed by atoms with E-state index < -0.39 is 0 Å². The van der Waals surface area contributed by atoms with E-state index in [4.69, 9.17) is 4.99 Å². The monoisotopic (exact) mass is 396 g/mol. The summed E-state index contributed by atoms with van der Waals surface area (Å²) in [5, 5.41) is 19.7. The number of aryl methyl sites for hydroxylation is 1. The SMILES string of the molecule is Cc1nnc(CN=C(NCC(C)c2ccsc2)NC(C)c2ccccc2)n1C. The van der Waals surface area contributed by atoms with Gasteiger partial charge < -0.3 is 15.2 Å². The van der Waals surface area contributed by atoms with Crippen molar-refractivity contribution >= 4 is 17.3 Å². The number of hydrogen-bond donors (Lipinski definition) is 2. The van der Waals surface area contributed by atoms with Crippen LogP contribution in [-0.2, 0) is 13.6 Å². The molecular formula is C21H28N6S. The lowest BCUT2D eigenvalue weighted by atomic mass is 10.1. The molecule has 3 aromatic rings. The molecule has 0 radical (unpaired) electrons. The van der Waals surface area contributed by atoms with E-state index in [0.717, 1.165) is 24.2 Å². The summed E-state index contributed by atoms with van der Waals surface area (Å²) < 4.78 is 1.97. The van der Waals surface area contributed by atoms with Gasteiger partial charge in [0.1, 0.15) is 12.4 Å². The summed E-state index contributed by atoms with van der Waals surface area (Å²) in [5.74, 6) is 2.91. The molecule has 6 nitrogen and oxygen atoms in total. The van der Waals surface area contributed by atoms with E-state index in [1.54, 1.807) is 11.3 Å². The second kappa shape index (κ2) is 9.50. The predicted octanol–water partition coefficient (Wildman–Crippen LogP) is 3.79. The van der Waals surface area contributed by atoms with Crippen molar-refractivity contribution in [2.24, 2.45) is 12.0 Å². The first-order chi connectivity index (χ1) is 13.5. The van der Waals surface area contributed by atoms with Crippen molar-refractivity contribution in [3.63, 3.8) is 0 Å². The molecule has 0 spiro atoms. The first-order valence-electron chi connectivity index (χ1n) is 9.51. The van der Waals surface area contributed by atoms with Gasteiger partial charge in [-0.25, -0.2) is 4.99 Å². The highest BCUT2D eigenvalue weighted by Crippen LogP contribution is 2.17. The van der Waals surface area contributed by atoms with Crippen molar-refractivity contribution in [2.45, 2.75) is 39.3 Å². The second-order valence-corrected chi connectivity index (χ2v) is 7.78. The maximum absolute atomic E-state index is 4.76. The van der Waals surface area contributed by atoms with Crippen LogP contribution < -0.4 is 10.6 Å². The van der Waals surface area contributed by atoms with E-state index in [1.165, 1.54) is 11.1 Å². The van der Waals surface area contributed by atoms with Crippen LogP contribution in [0.3, 0.4) is 0 Å². The molecule has 0 fully saturated rings. The van der Waals surface area contributed by atoms with Crippen LogP contribution in [-0.4, -0.2) is 27.3 Å². The fourth-order valence-corrected chi connectivity index (χ4v) is 3.63. The highest BCUT2D eigenvalue weighted by Gasteiger charge is 2.12. The quantitative estimate of drug-likeness (QED) is 0.471. The predicted molar refractivity (Wildman–Crippen MR) is 116 cm³/mol. The van der Waals surface area contributed by atoms with Crippen LogP contribution in [0.25, 0.3) is 0 Å². The third kappa shape index (κ3) is 5.19. The highest BCUT2D eigenvalue weighted by molar-refractivity contribution is 7.07. The Morgan fingerprint density at radius 3 is 2.57 bits per heavy atom. The summed E-state index contributed by atoms with van der Waals surface area (Å²) in [6, 6.07) is 12.7. The molecule has 1 aromatic carbocycles. The fourth-order valence-electron chi connectivity index (χ4n) is 2.84. The zero-order chi connectivity index (χ0) is 19.9. The largest absolute Gasteiger partial charge is 0.356 e. The summed E-state index contributed by atoms with van der Waals surface area (Å²) in [7, 11) is 1.96. The molecule has 0 aliphatic rings. The van der Waals surface area contributed by atoms with Gasteiger partial charge in [-0.15, -0.1) is 10.2 Å². The van der Waals surface area contributed by atoms with Crippen LogP contribution in [0.1, 0.15) is 48.6 Å². The van der Waals surface area contributed by atoms with Gasteiger partial charge in [0.25, 0.3) is 0 Å². The van der Waals surface area contributed by atoms with Crippen molar-refractivity contribution in [1.29, 1.82) is 0 Å². The normalized spacial score (nSPS) is 13.9. The van der Waals surface area contributed by atoms with Crippen molar-refractivity contribution in [2.75, 3.05) is 6.54 Å².